The number of unbranched alkanes of at least 4 members (excludes halogenated alkanes) is 2. The molecule has 18 heavy (non-hydrogen) atoms. The van der Waals surface area contributed by atoms with Gasteiger partial charge in [-0.25, -0.2) is 0 Å². The Morgan fingerprint density at radius 1 is 1.28 bits per heavy atom. The minimum absolute atomic E-state index is 0.241. The molecule has 0 aliphatic rings. The van der Waals surface area contributed by atoms with Crippen molar-refractivity contribution in [3.8, 4) is 0 Å². The molecule has 0 aromatic rings. The second-order valence-corrected chi connectivity index (χ2v) is 6.59. The number of carbonyl (C=O) groups is 1. The van der Waals surface area contributed by atoms with Crippen LogP contribution in [0.1, 0.15) is 52.4 Å². The molecule has 0 bridgehead atoms. The first-order valence-electron chi connectivity index (χ1n) is 6.66. The van der Waals surface area contributed by atoms with Crippen LogP contribution in [0.25, 0.3) is 0 Å². The molecule has 0 aromatic carbocycles. The normalized spacial score (nSPS) is 14.6. The van der Waals surface area contributed by atoms with E-state index < -0.39 is 7.37 Å². The smallest absolute Gasteiger partial charge is 0.306 e. The molecule has 5 heteroatoms. The Morgan fingerprint density at radius 2 is 1.94 bits per heavy atom. The van der Waals surface area contributed by atoms with Crippen LogP contribution in [0.5, 0.6) is 0 Å². The van der Waals surface area contributed by atoms with Crippen molar-refractivity contribution in [2.45, 2.75) is 52.4 Å². The van der Waals surface area contributed by atoms with Crippen LogP contribution in [0.2, 0.25) is 0 Å². The molecule has 0 aliphatic carbocycles. The van der Waals surface area contributed by atoms with Gasteiger partial charge in [0.1, 0.15) is 0 Å². The van der Waals surface area contributed by atoms with Crippen LogP contribution in [0.15, 0.2) is 11.9 Å². The van der Waals surface area contributed by atoms with E-state index in [0.717, 1.165) is 25.7 Å². The van der Waals surface area contributed by atoms with Crippen LogP contribution in [0.3, 0.4) is 0 Å². The Labute approximate surface area is 110 Å². The van der Waals surface area contributed by atoms with E-state index in [2.05, 4.69) is 0 Å². The standard InChI is InChI=1S/C13H25O4P/c1-3-5-10-17-13(14)9-7-8-12-18(15,16)11-6-4-2/h8,12H,3-7,9-11H2,1-2H3,(H,15,16). The Balaban J connectivity index is 3.75. The molecule has 0 radical (unpaired) electrons. The Bertz CT molecular complexity index is 299. The Hall–Kier alpha value is -0.600. The van der Waals surface area contributed by atoms with E-state index in [-0.39, 0.29) is 12.4 Å². The van der Waals surface area contributed by atoms with Gasteiger partial charge in [0.2, 0.25) is 7.37 Å². The SMILES string of the molecule is CCCCOC(=O)CCC=CP(=O)(O)CCCC. The van der Waals surface area contributed by atoms with Gasteiger partial charge in [-0.2, -0.15) is 0 Å². The third kappa shape index (κ3) is 10.5. The van der Waals surface area contributed by atoms with Gasteiger partial charge in [-0.3, -0.25) is 9.36 Å². The Kier molecular flexibility index (Phi) is 9.99. The fraction of sp³-hybridized carbons (Fsp3) is 0.769. The number of ether oxygens (including phenoxy) is 1. The summed E-state index contributed by atoms with van der Waals surface area (Å²) in [6.45, 7) is 4.48. The predicted octanol–water partition coefficient (Wildman–Crippen LogP) is 3.69. The van der Waals surface area contributed by atoms with Gasteiger partial charge in [0.15, 0.2) is 0 Å². The van der Waals surface area contributed by atoms with Gasteiger partial charge in [0.25, 0.3) is 0 Å². The van der Waals surface area contributed by atoms with E-state index in [4.69, 9.17) is 4.74 Å². The third-order valence-electron chi connectivity index (χ3n) is 2.45. The van der Waals surface area contributed by atoms with Crippen molar-refractivity contribution >= 4 is 13.3 Å². The van der Waals surface area contributed by atoms with E-state index in [9.17, 15) is 14.3 Å². The second kappa shape index (κ2) is 10.3. The third-order valence-corrected chi connectivity index (χ3v) is 4.08. The molecule has 0 rings (SSSR count). The lowest BCUT2D eigenvalue weighted by molar-refractivity contribution is -0.143. The fourth-order valence-electron chi connectivity index (χ4n) is 1.30. The molecule has 0 saturated carbocycles. The minimum atomic E-state index is -3.13. The summed E-state index contributed by atoms with van der Waals surface area (Å²) in [5, 5.41) is 0. The summed E-state index contributed by atoms with van der Waals surface area (Å²) < 4.78 is 16.6. The van der Waals surface area contributed by atoms with Gasteiger partial charge in [0.05, 0.1) is 6.61 Å². The van der Waals surface area contributed by atoms with Crippen LogP contribution in [-0.4, -0.2) is 23.6 Å². The summed E-state index contributed by atoms with van der Waals surface area (Å²) in [5.74, 6) is 1.11. The number of esters is 1. The van der Waals surface area contributed by atoms with Crippen LogP contribution < -0.4 is 0 Å². The molecule has 1 unspecified atom stereocenters. The van der Waals surface area contributed by atoms with Crippen molar-refractivity contribution < 1.29 is 19.0 Å². The van der Waals surface area contributed by atoms with E-state index in [1.807, 2.05) is 13.8 Å². The van der Waals surface area contributed by atoms with Crippen molar-refractivity contribution in [2.75, 3.05) is 12.8 Å². The molecule has 0 fully saturated rings. The van der Waals surface area contributed by atoms with Crippen molar-refractivity contribution in [3.05, 3.63) is 11.9 Å². The summed E-state index contributed by atoms with van der Waals surface area (Å²) in [6.07, 6.45) is 6.19. The van der Waals surface area contributed by atoms with E-state index in [0.29, 0.717) is 19.2 Å². The highest BCUT2D eigenvalue weighted by molar-refractivity contribution is 7.61. The zero-order chi connectivity index (χ0) is 13.9. The number of hydrogen-bond acceptors (Lipinski definition) is 3. The van der Waals surface area contributed by atoms with Crippen molar-refractivity contribution in [1.82, 2.24) is 0 Å². The van der Waals surface area contributed by atoms with Crippen molar-refractivity contribution in [1.29, 1.82) is 0 Å². The fourth-order valence-corrected chi connectivity index (χ4v) is 2.70. The first-order valence-corrected chi connectivity index (χ1v) is 8.58. The summed E-state index contributed by atoms with van der Waals surface area (Å²) in [4.78, 5) is 20.8. The van der Waals surface area contributed by atoms with Crippen molar-refractivity contribution in [3.63, 3.8) is 0 Å². The summed E-state index contributed by atoms with van der Waals surface area (Å²) in [5.41, 5.74) is 0. The van der Waals surface area contributed by atoms with Crippen LogP contribution in [0.4, 0.5) is 0 Å². The lowest BCUT2D eigenvalue weighted by atomic mass is 10.3. The Morgan fingerprint density at radius 3 is 2.56 bits per heavy atom. The van der Waals surface area contributed by atoms with E-state index >= 15 is 0 Å². The van der Waals surface area contributed by atoms with Gasteiger partial charge >= 0.3 is 5.97 Å². The average molecular weight is 276 g/mol. The summed E-state index contributed by atoms with van der Waals surface area (Å²) >= 11 is 0. The molecule has 0 spiro atoms. The highest BCUT2D eigenvalue weighted by Gasteiger charge is 2.11. The predicted molar refractivity (Wildman–Crippen MR) is 73.8 cm³/mol. The van der Waals surface area contributed by atoms with Gasteiger partial charge < -0.3 is 9.63 Å². The highest BCUT2D eigenvalue weighted by Crippen LogP contribution is 2.43. The molecular formula is C13H25O4P. The lowest BCUT2D eigenvalue weighted by Crippen LogP contribution is -2.04. The molecule has 0 aromatic heterocycles. The largest absolute Gasteiger partial charge is 0.466 e. The van der Waals surface area contributed by atoms with E-state index in [1.165, 1.54) is 5.82 Å². The zero-order valence-corrected chi connectivity index (χ0v) is 12.3. The number of rotatable bonds is 10. The maximum absolute atomic E-state index is 11.6. The summed E-state index contributed by atoms with van der Waals surface area (Å²) in [6, 6.07) is 0. The second-order valence-electron chi connectivity index (χ2n) is 4.33. The van der Waals surface area contributed by atoms with Crippen LogP contribution in [0, 0.1) is 0 Å². The highest BCUT2D eigenvalue weighted by atomic mass is 31.2. The summed E-state index contributed by atoms with van der Waals surface area (Å²) in [7, 11) is -3.13. The zero-order valence-electron chi connectivity index (χ0n) is 11.4. The number of carbonyl (C=O) groups excluding carboxylic acids is 1. The van der Waals surface area contributed by atoms with Crippen molar-refractivity contribution in [2.24, 2.45) is 0 Å². The molecule has 0 saturated heterocycles. The minimum Gasteiger partial charge on any atom is -0.466 e. The lowest BCUT2D eigenvalue weighted by Gasteiger charge is -2.05. The maximum Gasteiger partial charge on any atom is 0.306 e. The number of hydrogen-bond donors (Lipinski definition) is 1. The van der Waals surface area contributed by atoms with Gasteiger partial charge in [0, 0.05) is 12.6 Å². The molecule has 1 N–H and O–H groups in total. The topological polar surface area (TPSA) is 63.6 Å². The molecule has 0 heterocycles. The first-order chi connectivity index (χ1) is 8.52. The van der Waals surface area contributed by atoms with Crippen LogP contribution in [-0.2, 0) is 14.1 Å². The monoisotopic (exact) mass is 276 g/mol. The molecule has 1 atom stereocenters. The number of allylic oxidation sites excluding steroid dienone is 1. The van der Waals surface area contributed by atoms with Crippen LogP contribution >= 0.6 is 7.37 Å². The molecule has 0 aliphatic heterocycles. The first kappa shape index (κ1) is 17.4. The maximum atomic E-state index is 11.6. The van der Waals surface area contributed by atoms with Gasteiger partial charge in [-0.15, -0.1) is 0 Å². The molecule has 0 amide bonds. The van der Waals surface area contributed by atoms with Gasteiger partial charge in [-0.05, 0) is 25.1 Å². The molecule has 4 nitrogen and oxygen atoms in total. The molecule has 106 valence electrons. The average Bonchev–Trinajstić information content (AvgIpc) is 2.33. The molecular weight excluding hydrogens is 251 g/mol. The quantitative estimate of drug-likeness (QED) is 0.375. The van der Waals surface area contributed by atoms with Gasteiger partial charge in [-0.1, -0.05) is 32.8 Å². The van der Waals surface area contributed by atoms with E-state index in [1.54, 1.807) is 6.08 Å².